The van der Waals surface area contributed by atoms with Crippen LogP contribution in [0.1, 0.15) is 70.9 Å². The standard InChI is InChI=1S/C49H63N5O6/c1-33(2)29-41(52-49(59)42(30-34(3)4)51-47(57)39-25-27-53(5)28-26-39)48(58)50-40(22-19-35-13-9-7-10-14-35)23-24-45(55)54-43(44(60-6)32-46(54)56)31-36-17-20-38(21-18-36)37-15-11-8-12-16-37/h7-18,20-21,23-24,32-34,39-43H,19,22,25-31H2,1-6H3,(H,50,58)(H,51,57)(H,52,59)/b24-23+/t40-,41-,42-,43?/m0/s1. The van der Waals surface area contributed by atoms with Crippen LogP contribution in [0.15, 0.2) is 109 Å². The van der Waals surface area contributed by atoms with Crippen LogP contribution in [-0.4, -0.2) is 90.8 Å². The van der Waals surface area contributed by atoms with Crippen molar-refractivity contribution in [3.8, 4) is 11.1 Å². The molecule has 11 heteroatoms. The van der Waals surface area contributed by atoms with Crippen molar-refractivity contribution in [2.24, 2.45) is 17.8 Å². The van der Waals surface area contributed by atoms with E-state index in [0.717, 1.165) is 48.2 Å². The summed E-state index contributed by atoms with van der Waals surface area (Å²) in [5.41, 5.74) is 4.14. The van der Waals surface area contributed by atoms with Crippen LogP contribution in [0.25, 0.3) is 11.1 Å². The summed E-state index contributed by atoms with van der Waals surface area (Å²) in [6.45, 7) is 9.61. The van der Waals surface area contributed by atoms with Gasteiger partial charge in [0.15, 0.2) is 0 Å². The topological polar surface area (TPSA) is 137 Å². The Hall–Kier alpha value is -5.55. The van der Waals surface area contributed by atoms with Crippen molar-refractivity contribution in [1.82, 2.24) is 25.8 Å². The van der Waals surface area contributed by atoms with Gasteiger partial charge in [-0.1, -0.05) is 119 Å². The maximum Gasteiger partial charge on any atom is 0.257 e. The molecule has 0 radical (unpaired) electrons. The molecule has 1 unspecified atom stereocenters. The Bertz CT molecular complexity index is 1950. The van der Waals surface area contributed by atoms with E-state index < -0.39 is 47.8 Å². The number of hydrogen-bond donors (Lipinski definition) is 3. The van der Waals surface area contributed by atoms with Crippen LogP contribution in [0.3, 0.4) is 0 Å². The Morgan fingerprint density at radius 1 is 0.750 bits per heavy atom. The van der Waals surface area contributed by atoms with Gasteiger partial charge in [-0.2, -0.15) is 0 Å². The molecule has 0 aromatic heterocycles. The van der Waals surface area contributed by atoms with Gasteiger partial charge in [0, 0.05) is 30.5 Å². The summed E-state index contributed by atoms with van der Waals surface area (Å²) in [7, 11) is 3.53. The molecule has 3 aromatic carbocycles. The summed E-state index contributed by atoms with van der Waals surface area (Å²) >= 11 is 0. The highest BCUT2D eigenvalue weighted by Crippen LogP contribution is 2.27. The van der Waals surface area contributed by atoms with Crippen molar-refractivity contribution in [3.05, 3.63) is 120 Å². The van der Waals surface area contributed by atoms with Gasteiger partial charge in [0.05, 0.1) is 7.11 Å². The monoisotopic (exact) mass is 817 g/mol. The minimum atomic E-state index is -0.887. The first-order valence-electron chi connectivity index (χ1n) is 21.4. The van der Waals surface area contributed by atoms with Crippen molar-refractivity contribution in [2.75, 3.05) is 27.2 Å². The fourth-order valence-corrected chi connectivity index (χ4v) is 7.89. The van der Waals surface area contributed by atoms with Gasteiger partial charge in [-0.05, 0) is 92.8 Å². The minimum Gasteiger partial charge on any atom is -0.499 e. The number of aryl methyl sites for hydroxylation is 1. The second-order valence-corrected chi connectivity index (χ2v) is 17.0. The summed E-state index contributed by atoms with van der Waals surface area (Å²) in [4.78, 5) is 72.1. The Morgan fingerprint density at radius 2 is 1.32 bits per heavy atom. The molecule has 0 spiro atoms. The minimum absolute atomic E-state index is 0.0634. The molecular weight excluding hydrogens is 755 g/mol. The molecule has 2 heterocycles. The Morgan fingerprint density at radius 3 is 1.92 bits per heavy atom. The Labute approximate surface area is 356 Å². The molecule has 0 bridgehead atoms. The molecule has 4 atom stereocenters. The first-order chi connectivity index (χ1) is 28.8. The second-order valence-electron chi connectivity index (χ2n) is 17.0. The maximum atomic E-state index is 14.2. The quantitative estimate of drug-likeness (QED) is 0.122. The normalized spacial score (nSPS) is 17.7. The van der Waals surface area contributed by atoms with Crippen LogP contribution in [-0.2, 0) is 41.6 Å². The molecule has 3 N–H and O–H groups in total. The third kappa shape index (κ3) is 13.2. The predicted molar refractivity (Wildman–Crippen MR) is 235 cm³/mol. The molecule has 2 aliphatic rings. The third-order valence-corrected chi connectivity index (χ3v) is 11.3. The van der Waals surface area contributed by atoms with Gasteiger partial charge in [-0.15, -0.1) is 0 Å². The number of imide groups is 1. The van der Waals surface area contributed by atoms with E-state index in [1.54, 1.807) is 6.08 Å². The Kier molecular flexibility index (Phi) is 16.8. The van der Waals surface area contributed by atoms with Crippen LogP contribution >= 0.6 is 0 Å². The zero-order valence-corrected chi connectivity index (χ0v) is 36.1. The summed E-state index contributed by atoms with van der Waals surface area (Å²) in [6.07, 6.45) is 8.01. The fraction of sp³-hybridized carbons (Fsp3) is 0.449. The number of benzene rings is 3. The van der Waals surface area contributed by atoms with Gasteiger partial charge in [-0.25, -0.2) is 0 Å². The zero-order valence-electron chi connectivity index (χ0n) is 36.1. The van der Waals surface area contributed by atoms with Crippen molar-refractivity contribution < 1.29 is 28.7 Å². The average Bonchev–Trinajstić information content (AvgIpc) is 3.55. The average molecular weight is 818 g/mol. The first kappa shape index (κ1) is 45.5. The number of hydrogen-bond acceptors (Lipinski definition) is 7. The van der Waals surface area contributed by atoms with E-state index in [1.165, 1.54) is 24.2 Å². The second kappa shape index (κ2) is 22.2. The van der Waals surface area contributed by atoms with Crippen LogP contribution in [0, 0.1) is 17.8 Å². The number of piperidine rings is 1. The van der Waals surface area contributed by atoms with Crippen LogP contribution in [0.5, 0.6) is 0 Å². The number of carbonyl (C=O) groups is 5. The molecule has 3 aromatic rings. The van der Waals surface area contributed by atoms with Gasteiger partial charge in [0.25, 0.3) is 11.8 Å². The summed E-state index contributed by atoms with van der Waals surface area (Å²) < 4.78 is 5.59. The number of nitrogens with zero attached hydrogens (tertiary/aromatic N) is 2. The van der Waals surface area contributed by atoms with E-state index in [9.17, 15) is 24.0 Å². The lowest BCUT2D eigenvalue weighted by Gasteiger charge is -2.30. The van der Waals surface area contributed by atoms with E-state index in [4.69, 9.17) is 4.74 Å². The molecule has 5 rings (SSSR count). The van der Waals surface area contributed by atoms with E-state index in [0.29, 0.717) is 37.9 Å². The summed E-state index contributed by atoms with van der Waals surface area (Å²) in [5.74, 6) is -1.50. The maximum absolute atomic E-state index is 14.2. The molecule has 0 saturated carbocycles. The van der Waals surface area contributed by atoms with Gasteiger partial charge >= 0.3 is 0 Å². The molecule has 5 amide bonds. The summed E-state index contributed by atoms with van der Waals surface area (Å²) in [5, 5.41) is 9.09. The molecule has 1 saturated heterocycles. The van der Waals surface area contributed by atoms with E-state index in [-0.39, 0.29) is 23.7 Å². The van der Waals surface area contributed by atoms with E-state index >= 15 is 0 Å². The highest BCUT2D eigenvalue weighted by molar-refractivity contribution is 6.08. The van der Waals surface area contributed by atoms with E-state index in [1.807, 2.05) is 120 Å². The SMILES string of the molecule is COC1=CC(=O)N(C(=O)/C=C/[C@H](CCc2ccccc2)NC(=O)[C@H](CC(C)C)NC(=O)[C@H](CC(C)C)NC(=O)C2CCN(C)CC2)C1Cc1ccc(-c2ccccc2)cc1. The van der Waals surface area contributed by atoms with Crippen molar-refractivity contribution in [3.63, 3.8) is 0 Å². The van der Waals surface area contributed by atoms with Crippen molar-refractivity contribution >= 4 is 29.5 Å². The third-order valence-electron chi connectivity index (χ3n) is 11.3. The number of nitrogens with one attached hydrogen (secondary N) is 3. The highest BCUT2D eigenvalue weighted by atomic mass is 16.5. The number of methoxy groups -OCH3 is 1. The largest absolute Gasteiger partial charge is 0.499 e. The van der Waals surface area contributed by atoms with Crippen LogP contribution in [0.4, 0.5) is 0 Å². The Balaban J connectivity index is 1.31. The molecule has 11 nitrogen and oxygen atoms in total. The van der Waals surface area contributed by atoms with Gasteiger partial charge in [0.1, 0.15) is 23.9 Å². The molecular formula is C49H63N5O6. The van der Waals surface area contributed by atoms with Gasteiger partial charge < -0.3 is 25.6 Å². The van der Waals surface area contributed by atoms with Gasteiger partial charge in [-0.3, -0.25) is 28.9 Å². The molecule has 320 valence electrons. The lowest BCUT2D eigenvalue weighted by atomic mass is 9.94. The van der Waals surface area contributed by atoms with Crippen molar-refractivity contribution in [2.45, 2.75) is 96.8 Å². The lowest BCUT2D eigenvalue weighted by Crippen LogP contribution is -2.56. The zero-order chi connectivity index (χ0) is 43.2. The molecule has 1 fully saturated rings. The number of amides is 5. The molecule has 60 heavy (non-hydrogen) atoms. The number of rotatable bonds is 19. The van der Waals surface area contributed by atoms with Crippen molar-refractivity contribution in [1.29, 1.82) is 0 Å². The predicted octanol–water partition coefficient (Wildman–Crippen LogP) is 6.24. The van der Waals surface area contributed by atoms with Crippen LogP contribution < -0.4 is 16.0 Å². The number of likely N-dealkylation sites (tertiary alicyclic amines) is 1. The number of carbonyl (C=O) groups excluding carboxylic acids is 5. The highest BCUT2D eigenvalue weighted by Gasteiger charge is 2.38. The number of ether oxygens (including phenoxy) is 1. The van der Waals surface area contributed by atoms with Gasteiger partial charge in [0.2, 0.25) is 17.7 Å². The molecule has 0 aliphatic carbocycles. The fourth-order valence-electron chi connectivity index (χ4n) is 7.89. The summed E-state index contributed by atoms with van der Waals surface area (Å²) in [6, 6.07) is 25.0. The smallest absolute Gasteiger partial charge is 0.257 e. The lowest BCUT2D eigenvalue weighted by molar-refractivity contribution is -0.139. The molecule has 2 aliphatic heterocycles. The van der Waals surface area contributed by atoms with E-state index in [2.05, 4.69) is 20.9 Å². The first-order valence-corrected chi connectivity index (χ1v) is 21.4. The van der Waals surface area contributed by atoms with Crippen LogP contribution in [0.2, 0.25) is 0 Å².